The second kappa shape index (κ2) is 3.82. The Morgan fingerprint density at radius 2 is 1.80 bits per heavy atom. The monoisotopic (exact) mass is 280 g/mol. The lowest BCUT2D eigenvalue weighted by atomic mass is 10.1. The van der Waals surface area contributed by atoms with E-state index in [2.05, 4.69) is 0 Å². The van der Waals surface area contributed by atoms with Gasteiger partial charge in [-0.05, 0) is 24.6 Å². The maximum Gasteiger partial charge on any atom is 0.417 e. The number of benzene rings is 1. The Morgan fingerprint density at radius 1 is 1.20 bits per heavy atom. The Balaban J connectivity index is 2.06. The number of halogens is 3. The molecule has 0 spiro atoms. The van der Waals surface area contributed by atoms with Crippen molar-refractivity contribution in [3.8, 4) is 6.07 Å². The van der Waals surface area contributed by atoms with E-state index in [0.29, 0.717) is 12.5 Å². The van der Waals surface area contributed by atoms with Crippen LogP contribution in [0.5, 0.6) is 0 Å². The number of rotatable bonds is 1. The Bertz CT molecular complexity index is 655. The predicted molar refractivity (Wildman–Crippen MR) is 60.2 cm³/mol. The SMILES string of the molecule is N#Cc1ccc(N2C(=O)C3CC3C2=O)cc1C(F)(F)F. The number of anilines is 1. The molecule has 1 heterocycles. The highest BCUT2D eigenvalue weighted by Gasteiger charge is 2.59. The summed E-state index contributed by atoms with van der Waals surface area (Å²) in [5.41, 5.74) is -1.80. The molecule has 3 rings (SSSR count). The molecule has 2 aliphatic rings. The average molecular weight is 280 g/mol. The number of carbonyl (C=O) groups excluding carboxylic acids is 2. The second-order valence-electron chi connectivity index (χ2n) is 4.80. The number of fused-ring (bicyclic) bond motifs is 1. The number of nitriles is 1. The van der Waals surface area contributed by atoms with Crippen LogP contribution in [-0.2, 0) is 15.8 Å². The minimum absolute atomic E-state index is 0.126. The summed E-state index contributed by atoms with van der Waals surface area (Å²) < 4.78 is 38.5. The fourth-order valence-electron chi connectivity index (χ4n) is 2.44. The van der Waals surface area contributed by atoms with Crippen molar-refractivity contribution in [1.29, 1.82) is 5.26 Å². The van der Waals surface area contributed by atoms with Crippen molar-refractivity contribution >= 4 is 17.5 Å². The van der Waals surface area contributed by atoms with E-state index in [4.69, 9.17) is 5.26 Å². The van der Waals surface area contributed by atoms with E-state index in [0.717, 1.165) is 11.0 Å². The first-order valence-electron chi connectivity index (χ1n) is 5.83. The van der Waals surface area contributed by atoms with Crippen molar-refractivity contribution in [2.24, 2.45) is 11.8 Å². The van der Waals surface area contributed by atoms with Gasteiger partial charge in [-0.15, -0.1) is 0 Å². The molecule has 2 fully saturated rings. The molecule has 2 unspecified atom stereocenters. The van der Waals surface area contributed by atoms with E-state index >= 15 is 0 Å². The van der Waals surface area contributed by atoms with Gasteiger partial charge in [-0.3, -0.25) is 14.5 Å². The average Bonchev–Trinajstić information content (AvgIpc) is 3.13. The highest BCUT2D eigenvalue weighted by atomic mass is 19.4. The van der Waals surface area contributed by atoms with Gasteiger partial charge in [0.2, 0.25) is 11.8 Å². The summed E-state index contributed by atoms with van der Waals surface area (Å²) in [6.07, 6.45) is -4.23. The van der Waals surface area contributed by atoms with Crippen LogP contribution in [0, 0.1) is 23.2 Å². The second-order valence-corrected chi connectivity index (χ2v) is 4.80. The number of hydrogen-bond acceptors (Lipinski definition) is 3. The molecule has 0 aromatic heterocycles. The first-order chi connectivity index (χ1) is 9.34. The van der Waals surface area contributed by atoms with Crippen LogP contribution in [0.4, 0.5) is 18.9 Å². The van der Waals surface area contributed by atoms with Crippen LogP contribution in [0.25, 0.3) is 0 Å². The maximum absolute atomic E-state index is 12.8. The highest BCUT2D eigenvalue weighted by molar-refractivity contribution is 6.24. The van der Waals surface area contributed by atoms with Crippen molar-refractivity contribution in [3.63, 3.8) is 0 Å². The molecule has 7 heteroatoms. The lowest BCUT2D eigenvalue weighted by Crippen LogP contribution is -2.33. The first-order valence-corrected chi connectivity index (χ1v) is 5.83. The maximum atomic E-state index is 12.8. The smallest absolute Gasteiger partial charge is 0.274 e. The molecule has 1 aliphatic heterocycles. The summed E-state index contributed by atoms with van der Waals surface area (Å²) in [7, 11) is 0. The van der Waals surface area contributed by atoms with Crippen LogP contribution in [0.15, 0.2) is 18.2 Å². The minimum atomic E-state index is -4.71. The highest BCUT2D eigenvalue weighted by Crippen LogP contribution is 2.48. The van der Waals surface area contributed by atoms with E-state index in [1.54, 1.807) is 0 Å². The molecule has 1 aliphatic carbocycles. The molecular weight excluding hydrogens is 273 g/mol. The van der Waals surface area contributed by atoms with Gasteiger partial charge in [0.05, 0.1) is 34.7 Å². The summed E-state index contributed by atoms with van der Waals surface area (Å²) in [5, 5.41) is 8.69. The minimum Gasteiger partial charge on any atom is -0.274 e. The molecule has 4 nitrogen and oxygen atoms in total. The lowest BCUT2D eigenvalue weighted by Gasteiger charge is -2.18. The summed E-state index contributed by atoms with van der Waals surface area (Å²) in [6.45, 7) is 0. The number of piperidine rings is 1. The van der Waals surface area contributed by atoms with Gasteiger partial charge >= 0.3 is 6.18 Å². The van der Waals surface area contributed by atoms with E-state index in [-0.39, 0.29) is 17.5 Å². The molecule has 1 saturated carbocycles. The van der Waals surface area contributed by atoms with Crippen molar-refractivity contribution in [3.05, 3.63) is 29.3 Å². The molecule has 102 valence electrons. The summed E-state index contributed by atoms with van der Waals surface area (Å²) in [5.74, 6) is -1.68. The van der Waals surface area contributed by atoms with Gasteiger partial charge in [-0.1, -0.05) is 0 Å². The van der Waals surface area contributed by atoms with Gasteiger partial charge < -0.3 is 0 Å². The van der Waals surface area contributed by atoms with Gasteiger partial charge in [0, 0.05) is 0 Å². The van der Waals surface area contributed by atoms with Crippen LogP contribution in [0.3, 0.4) is 0 Å². The third-order valence-corrected chi connectivity index (χ3v) is 3.55. The number of carbonyl (C=O) groups is 2. The van der Waals surface area contributed by atoms with Crippen molar-refractivity contribution in [2.45, 2.75) is 12.6 Å². The fraction of sp³-hybridized carbons (Fsp3) is 0.308. The topological polar surface area (TPSA) is 61.2 Å². The van der Waals surface area contributed by atoms with Crippen LogP contribution >= 0.6 is 0 Å². The van der Waals surface area contributed by atoms with Gasteiger partial charge in [-0.25, -0.2) is 0 Å². The molecular formula is C13H7F3N2O2. The zero-order valence-corrected chi connectivity index (χ0v) is 9.94. The third-order valence-electron chi connectivity index (χ3n) is 3.55. The summed E-state index contributed by atoms with van der Waals surface area (Å²) >= 11 is 0. The zero-order chi connectivity index (χ0) is 14.7. The van der Waals surface area contributed by atoms with Crippen LogP contribution in [-0.4, -0.2) is 11.8 Å². The van der Waals surface area contributed by atoms with Crippen molar-refractivity contribution in [2.75, 3.05) is 4.90 Å². The van der Waals surface area contributed by atoms with Crippen LogP contribution in [0.2, 0.25) is 0 Å². The van der Waals surface area contributed by atoms with Gasteiger partial charge in [0.1, 0.15) is 0 Å². The molecule has 2 amide bonds. The van der Waals surface area contributed by atoms with E-state index < -0.39 is 29.1 Å². The molecule has 1 saturated heterocycles. The number of nitrogens with zero attached hydrogens (tertiary/aromatic N) is 2. The molecule has 0 N–H and O–H groups in total. The number of alkyl halides is 3. The zero-order valence-electron chi connectivity index (χ0n) is 9.94. The number of imide groups is 1. The Hall–Kier alpha value is -2.36. The Labute approximate surface area is 111 Å². The predicted octanol–water partition coefficient (Wildman–Crippen LogP) is 2.09. The first kappa shape index (κ1) is 12.7. The van der Waals surface area contributed by atoms with Crippen molar-refractivity contribution < 1.29 is 22.8 Å². The third kappa shape index (κ3) is 1.68. The van der Waals surface area contributed by atoms with E-state index in [1.807, 2.05) is 0 Å². The Kier molecular flexibility index (Phi) is 2.42. The molecule has 0 bridgehead atoms. The number of hydrogen-bond donors (Lipinski definition) is 0. The van der Waals surface area contributed by atoms with E-state index in [9.17, 15) is 22.8 Å². The molecule has 20 heavy (non-hydrogen) atoms. The quantitative estimate of drug-likeness (QED) is 0.740. The van der Waals surface area contributed by atoms with Gasteiger partial charge in [0.25, 0.3) is 0 Å². The van der Waals surface area contributed by atoms with Gasteiger partial charge in [0.15, 0.2) is 0 Å². The Morgan fingerprint density at radius 3 is 2.30 bits per heavy atom. The molecule has 1 aromatic rings. The largest absolute Gasteiger partial charge is 0.417 e. The van der Waals surface area contributed by atoms with Gasteiger partial charge in [-0.2, -0.15) is 18.4 Å². The van der Waals surface area contributed by atoms with E-state index in [1.165, 1.54) is 12.1 Å². The normalized spacial score (nSPS) is 24.6. The number of amides is 2. The van der Waals surface area contributed by atoms with Crippen molar-refractivity contribution in [1.82, 2.24) is 0 Å². The molecule has 0 radical (unpaired) electrons. The fourth-order valence-corrected chi connectivity index (χ4v) is 2.44. The standard InChI is InChI=1S/C13H7F3N2O2/c14-13(15,16)10-3-7(2-1-6(10)5-17)18-11(19)8-4-9(8)12(18)20/h1-3,8-9H,4H2. The molecule has 2 atom stereocenters. The molecule has 1 aromatic carbocycles. The lowest BCUT2D eigenvalue weighted by molar-refractivity contribution is -0.138. The van der Waals surface area contributed by atoms with Crippen LogP contribution in [0.1, 0.15) is 17.5 Å². The summed E-state index contributed by atoms with van der Waals surface area (Å²) in [6, 6.07) is 4.29. The summed E-state index contributed by atoms with van der Waals surface area (Å²) in [4.78, 5) is 24.5. The van der Waals surface area contributed by atoms with Crippen LogP contribution < -0.4 is 4.90 Å².